The van der Waals surface area contributed by atoms with E-state index in [0.29, 0.717) is 19.5 Å². The quantitative estimate of drug-likeness (QED) is 0.121. The second-order valence-electron chi connectivity index (χ2n) is 20.4. The van der Waals surface area contributed by atoms with Crippen molar-refractivity contribution in [3.05, 3.63) is 48.0 Å². The van der Waals surface area contributed by atoms with Crippen LogP contribution in [-0.4, -0.2) is 119 Å². The van der Waals surface area contributed by atoms with Crippen molar-refractivity contribution in [1.29, 1.82) is 0 Å². The first-order chi connectivity index (χ1) is 29.0. The number of piperidine rings is 1. The third-order valence-electron chi connectivity index (χ3n) is 12.5. The Labute approximate surface area is 365 Å². The highest BCUT2D eigenvalue weighted by Crippen LogP contribution is 2.34. The van der Waals surface area contributed by atoms with Crippen molar-refractivity contribution in [2.75, 3.05) is 26.2 Å². The summed E-state index contributed by atoms with van der Waals surface area (Å²) in [5.74, 6) is -3.51. The van der Waals surface area contributed by atoms with Gasteiger partial charge in [0.2, 0.25) is 29.4 Å². The number of carbonyl (C=O) groups is 8. The molecule has 1 unspecified atom stereocenters. The number of imide groups is 1. The largest absolute Gasteiger partial charge is 0.444 e. The van der Waals surface area contributed by atoms with E-state index in [2.05, 4.69) is 27.8 Å². The predicted octanol–water partition coefficient (Wildman–Crippen LogP) is 4.00. The Bertz CT molecular complexity index is 1890. The number of ether oxygens (including phenoxy) is 1. The monoisotopic (exact) mass is 862 g/mol. The van der Waals surface area contributed by atoms with Crippen molar-refractivity contribution in [3.63, 3.8) is 0 Å². The minimum Gasteiger partial charge on any atom is -0.444 e. The van der Waals surface area contributed by atoms with E-state index in [1.165, 1.54) is 15.9 Å². The average molecular weight is 862 g/mol. The lowest BCUT2D eigenvalue weighted by molar-refractivity contribution is -0.153. The second-order valence-corrected chi connectivity index (χ2v) is 20.4. The SMILES string of the molecule is C=CCNC(=O)C(=O)C(CC1CCC1)NC(=O)[C@@H]1C[C@@H](OC(=O)N2CCc3ccccc3C2)CN1C(=O)[C@@H](NC(=O)N[C@H](CN1C(=O)CC(C)(C)CC1=O)C(C)(C)C)C(C)(C)C. The highest BCUT2D eigenvalue weighted by atomic mass is 16.6. The number of benzene rings is 1. The molecule has 1 saturated carbocycles. The van der Waals surface area contributed by atoms with Crippen LogP contribution in [0.25, 0.3) is 0 Å². The maximum absolute atomic E-state index is 14.9. The van der Waals surface area contributed by atoms with Gasteiger partial charge >= 0.3 is 12.1 Å². The van der Waals surface area contributed by atoms with Crippen LogP contribution in [0.5, 0.6) is 0 Å². The minimum absolute atomic E-state index is 0.0603. The molecule has 0 aromatic heterocycles. The van der Waals surface area contributed by atoms with E-state index in [1.807, 2.05) is 58.9 Å². The Morgan fingerprint density at radius 3 is 2.15 bits per heavy atom. The molecule has 2 saturated heterocycles. The van der Waals surface area contributed by atoms with Crippen LogP contribution >= 0.6 is 0 Å². The van der Waals surface area contributed by atoms with Gasteiger partial charge in [0.1, 0.15) is 18.2 Å². The predicted molar refractivity (Wildman–Crippen MR) is 231 cm³/mol. The van der Waals surface area contributed by atoms with E-state index in [-0.39, 0.29) is 63.0 Å². The normalized spacial score (nSPS) is 21.7. The number of ketones is 1. The van der Waals surface area contributed by atoms with Crippen molar-refractivity contribution < 1.29 is 43.1 Å². The molecule has 1 aliphatic carbocycles. The van der Waals surface area contributed by atoms with Gasteiger partial charge in [0.25, 0.3) is 5.91 Å². The molecule has 3 aliphatic heterocycles. The van der Waals surface area contributed by atoms with Gasteiger partial charge in [-0.25, -0.2) is 9.59 Å². The number of Topliss-reactive ketones (excluding diaryl/α,β-unsaturated/α-hetero) is 1. The molecule has 3 fully saturated rings. The molecule has 16 heteroatoms. The Morgan fingerprint density at radius 2 is 1.56 bits per heavy atom. The topological polar surface area (TPSA) is 204 Å². The third kappa shape index (κ3) is 12.0. The highest BCUT2D eigenvalue weighted by Gasteiger charge is 2.48. The summed E-state index contributed by atoms with van der Waals surface area (Å²) in [7, 11) is 0. The number of hydrogen-bond donors (Lipinski definition) is 4. The fourth-order valence-corrected chi connectivity index (χ4v) is 8.49. The second kappa shape index (κ2) is 19.4. The molecule has 1 aromatic rings. The molecule has 62 heavy (non-hydrogen) atoms. The van der Waals surface area contributed by atoms with E-state index < -0.39 is 82.1 Å². The van der Waals surface area contributed by atoms with Gasteiger partial charge in [0.05, 0.1) is 18.6 Å². The molecule has 4 aliphatic rings. The molecule has 5 rings (SSSR count). The Morgan fingerprint density at radius 1 is 0.919 bits per heavy atom. The lowest BCUT2D eigenvalue weighted by atomic mass is 9.80. The van der Waals surface area contributed by atoms with Crippen molar-refractivity contribution in [1.82, 2.24) is 36.0 Å². The molecule has 0 bridgehead atoms. The first-order valence-electron chi connectivity index (χ1n) is 21.9. The fourth-order valence-electron chi connectivity index (χ4n) is 8.49. The number of urea groups is 1. The Hall–Kier alpha value is -5.28. The van der Waals surface area contributed by atoms with Crippen LogP contribution in [0.3, 0.4) is 0 Å². The highest BCUT2D eigenvalue weighted by molar-refractivity contribution is 6.38. The van der Waals surface area contributed by atoms with E-state index >= 15 is 0 Å². The first kappa shape index (κ1) is 47.8. The summed E-state index contributed by atoms with van der Waals surface area (Å²) in [6.45, 7) is 18.8. The van der Waals surface area contributed by atoms with Gasteiger partial charge < -0.3 is 35.8 Å². The van der Waals surface area contributed by atoms with Gasteiger partial charge in [0.15, 0.2) is 0 Å². The fraction of sp³-hybridized carbons (Fsp3) is 0.652. The number of amides is 8. The summed E-state index contributed by atoms with van der Waals surface area (Å²) in [5.41, 5.74) is 0.139. The summed E-state index contributed by atoms with van der Waals surface area (Å²) in [5, 5.41) is 11.0. The number of rotatable bonds is 14. The molecule has 3 heterocycles. The molecule has 16 nitrogen and oxygen atoms in total. The molecular formula is C46H67N7O9. The van der Waals surface area contributed by atoms with E-state index in [4.69, 9.17) is 4.74 Å². The number of carbonyl (C=O) groups excluding carboxylic acids is 8. The van der Waals surface area contributed by atoms with E-state index in [1.54, 1.807) is 25.7 Å². The summed E-state index contributed by atoms with van der Waals surface area (Å²) >= 11 is 0. The first-order valence-corrected chi connectivity index (χ1v) is 21.9. The van der Waals surface area contributed by atoms with Crippen LogP contribution in [-0.2, 0) is 46.5 Å². The Kier molecular flexibility index (Phi) is 15.0. The van der Waals surface area contributed by atoms with Crippen LogP contribution in [0, 0.1) is 22.2 Å². The van der Waals surface area contributed by atoms with Gasteiger partial charge in [-0.1, -0.05) is 105 Å². The van der Waals surface area contributed by atoms with Gasteiger partial charge in [-0.2, -0.15) is 0 Å². The molecule has 0 radical (unpaired) electrons. The summed E-state index contributed by atoms with van der Waals surface area (Å²) < 4.78 is 6.00. The molecule has 1 aromatic carbocycles. The molecule has 4 N–H and O–H groups in total. The number of nitrogens with zero attached hydrogens (tertiary/aromatic N) is 3. The smallest absolute Gasteiger partial charge is 0.410 e. The summed E-state index contributed by atoms with van der Waals surface area (Å²) in [6.07, 6.45) is 3.77. The molecular weight excluding hydrogens is 795 g/mol. The van der Waals surface area contributed by atoms with Crippen LogP contribution in [0.1, 0.15) is 111 Å². The van der Waals surface area contributed by atoms with Crippen LogP contribution in [0.2, 0.25) is 0 Å². The summed E-state index contributed by atoms with van der Waals surface area (Å²) in [6, 6.07) is 2.81. The zero-order valence-electron chi connectivity index (χ0n) is 37.8. The molecule has 0 spiro atoms. The van der Waals surface area contributed by atoms with Crippen LogP contribution in [0.15, 0.2) is 36.9 Å². The zero-order valence-corrected chi connectivity index (χ0v) is 37.8. The summed E-state index contributed by atoms with van der Waals surface area (Å²) in [4.78, 5) is 113. The van der Waals surface area contributed by atoms with Gasteiger partial charge in [0, 0.05) is 45.4 Å². The average Bonchev–Trinajstić information content (AvgIpc) is 3.59. The molecule has 340 valence electrons. The molecule has 5 atom stereocenters. The van der Waals surface area contributed by atoms with Crippen molar-refractivity contribution in [3.8, 4) is 0 Å². The maximum atomic E-state index is 14.9. The number of fused-ring (bicyclic) bond motifs is 1. The zero-order chi connectivity index (χ0) is 45.7. The maximum Gasteiger partial charge on any atom is 0.410 e. The minimum atomic E-state index is -1.23. The van der Waals surface area contributed by atoms with Crippen molar-refractivity contribution in [2.24, 2.45) is 22.2 Å². The van der Waals surface area contributed by atoms with E-state index in [0.717, 1.165) is 30.4 Å². The standard InChI is InChI=1S/C46H67N7O9/c1-10-19-47-40(58)37(56)32(21-28-14-13-15-28)48-39(57)33-22-31(62-43(61)51-20-18-29-16-11-12-17-30(29)25-51)26-52(33)41(59)38(45(5,6)7)50-42(60)49-34(44(2,3)4)27-53-35(54)23-46(8,9)24-36(53)55/h10-12,16-17,28,31-34,38H,1,13-15,18-27H2,2-9H3,(H,47,58)(H,48,57)(H2,49,50,60)/t31-,32?,33+,34-,38-/m1/s1. The van der Waals surface area contributed by atoms with Gasteiger partial charge in [-0.15, -0.1) is 6.58 Å². The van der Waals surface area contributed by atoms with Crippen LogP contribution < -0.4 is 21.3 Å². The van der Waals surface area contributed by atoms with Crippen molar-refractivity contribution in [2.45, 2.75) is 144 Å². The number of hydrogen-bond acceptors (Lipinski definition) is 9. The van der Waals surface area contributed by atoms with Gasteiger partial charge in [-0.3, -0.25) is 33.7 Å². The molecule has 8 amide bonds. The van der Waals surface area contributed by atoms with Crippen molar-refractivity contribution >= 4 is 47.4 Å². The van der Waals surface area contributed by atoms with Gasteiger partial charge in [-0.05, 0) is 46.1 Å². The van der Waals surface area contributed by atoms with E-state index in [9.17, 15) is 38.4 Å². The van der Waals surface area contributed by atoms with Crippen LogP contribution in [0.4, 0.5) is 9.59 Å². The third-order valence-corrected chi connectivity index (χ3v) is 12.5. The number of likely N-dealkylation sites (tertiary alicyclic amines) is 2. The Balaban J connectivity index is 1.37. The lowest BCUT2D eigenvalue weighted by Gasteiger charge is -2.40. The number of nitrogens with one attached hydrogen (secondary N) is 4. The lowest BCUT2D eigenvalue weighted by Crippen LogP contribution is -2.62.